The van der Waals surface area contributed by atoms with Crippen LogP contribution in [0.5, 0.6) is 0 Å². The van der Waals surface area contributed by atoms with Crippen molar-refractivity contribution in [2.45, 2.75) is 6.42 Å². The molecule has 2 aromatic carbocycles. The third-order valence-electron chi connectivity index (χ3n) is 3.45. The Morgan fingerprint density at radius 2 is 2.00 bits per heavy atom. The van der Waals surface area contributed by atoms with Crippen molar-refractivity contribution >= 4 is 38.9 Å². The van der Waals surface area contributed by atoms with E-state index in [1.807, 2.05) is 48.5 Å². The van der Waals surface area contributed by atoms with Gasteiger partial charge in [-0.2, -0.15) is 0 Å². The monoisotopic (exact) mass is 401 g/mol. The summed E-state index contributed by atoms with van der Waals surface area (Å²) in [5.74, 6) is -0.209. The van der Waals surface area contributed by atoms with Crippen molar-refractivity contribution in [3.05, 3.63) is 69.6 Å². The maximum absolute atomic E-state index is 12.4. The van der Waals surface area contributed by atoms with Crippen LogP contribution in [0.1, 0.15) is 16.1 Å². The fourth-order valence-corrected chi connectivity index (χ4v) is 3.34. The Kier molecular flexibility index (Phi) is 5.40. The number of aromatic nitrogens is 1. The first-order chi connectivity index (χ1) is 11.7. The summed E-state index contributed by atoms with van der Waals surface area (Å²) >= 11 is 4.87. The van der Waals surface area contributed by atoms with Gasteiger partial charge in [0.05, 0.1) is 0 Å². The average Bonchev–Trinajstić information content (AvgIpc) is 3.06. The summed E-state index contributed by atoms with van der Waals surface area (Å²) < 4.78 is 1.01. The largest absolute Gasteiger partial charge is 0.330 e. The van der Waals surface area contributed by atoms with Gasteiger partial charge < -0.3 is 11.1 Å². The number of rotatable bonds is 5. The number of hydrogen-bond donors (Lipinski definition) is 2. The zero-order valence-electron chi connectivity index (χ0n) is 12.8. The van der Waals surface area contributed by atoms with E-state index in [4.69, 9.17) is 5.73 Å². The lowest BCUT2D eigenvalue weighted by molar-refractivity contribution is 0.102. The minimum absolute atomic E-state index is 0.209. The Balaban J connectivity index is 1.74. The number of nitrogens with zero attached hydrogens (tertiary/aromatic N) is 1. The molecule has 3 N–H and O–H groups in total. The van der Waals surface area contributed by atoms with Gasteiger partial charge in [0.25, 0.3) is 5.91 Å². The first-order valence-electron chi connectivity index (χ1n) is 7.47. The molecule has 0 fully saturated rings. The van der Waals surface area contributed by atoms with Gasteiger partial charge in [0, 0.05) is 21.1 Å². The summed E-state index contributed by atoms with van der Waals surface area (Å²) in [6.45, 7) is 0.583. The average molecular weight is 402 g/mol. The Hall–Kier alpha value is -2.02. The molecule has 0 spiro atoms. The molecular weight excluding hydrogens is 386 g/mol. The van der Waals surface area contributed by atoms with Gasteiger partial charge in [-0.15, -0.1) is 11.3 Å². The number of hydrogen-bond acceptors (Lipinski definition) is 4. The van der Waals surface area contributed by atoms with Crippen LogP contribution < -0.4 is 11.1 Å². The van der Waals surface area contributed by atoms with E-state index in [-0.39, 0.29) is 5.91 Å². The van der Waals surface area contributed by atoms with Crippen molar-refractivity contribution in [1.29, 1.82) is 0 Å². The number of amides is 1. The minimum atomic E-state index is -0.209. The van der Waals surface area contributed by atoms with Crippen LogP contribution in [0.15, 0.2) is 58.4 Å². The van der Waals surface area contributed by atoms with E-state index in [1.54, 1.807) is 5.38 Å². The van der Waals surface area contributed by atoms with Crippen molar-refractivity contribution in [3.63, 3.8) is 0 Å². The van der Waals surface area contributed by atoms with Gasteiger partial charge in [-0.3, -0.25) is 4.79 Å². The molecule has 0 aliphatic rings. The van der Waals surface area contributed by atoms with Gasteiger partial charge in [-0.05, 0) is 42.8 Å². The molecule has 0 saturated heterocycles. The molecule has 1 amide bonds. The van der Waals surface area contributed by atoms with Crippen molar-refractivity contribution in [2.75, 3.05) is 11.9 Å². The number of carbonyl (C=O) groups excluding carboxylic acids is 1. The van der Waals surface area contributed by atoms with E-state index < -0.39 is 0 Å². The summed E-state index contributed by atoms with van der Waals surface area (Å²) in [5.41, 5.74) is 8.84. The zero-order chi connectivity index (χ0) is 16.9. The Bertz CT molecular complexity index is 845. The zero-order valence-corrected chi connectivity index (χ0v) is 15.2. The molecule has 1 aromatic heterocycles. The number of thiazole rings is 1. The van der Waals surface area contributed by atoms with Crippen molar-refractivity contribution in [3.8, 4) is 10.6 Å². The molecule has 3 rings (SSSR count). The highest BCUT2D eigenvalue weighted by molar-refractivity contribution is 9.10. The highest BCUT2D eigenvalue weighted by Gasteiger charge is 2.12. The molecule has 0 aliphatic carbocycles. The molecule has 0 bridgehead atoms. The molecule has 3 aromatic rings. The summed E-state index contributed by atoms with van der Waals surface area (Å²) in [4.78, 5) is 16.8. The normalized spacial score (nSPS) is 10.6. The molecule has 0 saturated carbocycles. The van der Waals surface area contributed by atoms with E-state index in [2.05, 4.69) is 26.2 Å². The number of nitrogens with two attached hydrogens (primary N) is 1. The van der Waals surface area contributed by atoms with Crippen molar-refractivity contribution in [1.82, 2.24) is 4.98 Å². The van der Waals surface area contributed by atoms with Gasteiger partial charge in [0.15, 0.2) is 0 Å². The van der Waals surface area contributed by atoms with Crippen molar-refractivity contribution in [2.24, 2.45) is 5.73 Å². The van der Waals surface area contributed by atoms with Crippen LogP contribution in [0.25, 0.3) is 10.6 Å². The molecular formula is C18H16BrN3OS. The lowest BCUT2D eigenvalue weighted by Crippen LogP contribution is -2.12. The van der Waals surface area contributed by atoms with Crippen molar-refractivity contribution < 1.29 is 4.79 Å². The number of nitrogens with one attached hydrogen (secondary N) is 1. The molecule has 24 heavy (non-hydrogen) atoms. The van der Waals surface area contributed by atoms with Gasteiger partial charge in [0.1, 0.15) is 10.7 Å². The van der Waals surface area contributed by atoms with Crippen LogP contribution in [-0.4, -0.2) is 17.4 Å². The van der Waals surface area contributed by atoms with Crippen LogP contribution >= 0.6 is 27.3 Å². The second-order valence-electron chi connectivity index (χ2n) is 5.24. The summed E-state index contributed by atoms with van der Waals surface area (Å²) in [6, 6.07) is 15.6. The Morgan fingerprint density at radius 1 is 1.21 bits per heavy atom. The Labute approximate surface area is 152 Å². The van der Waals surface area contributed by atoms with Crippen LogP contribution in [0.3, 0.4) is 0 Å². The summed E-state index contributed by atoms with van der Waals surface area (Å²) in [5, 5.41) is 5.49. The van der Waals surface area contributed by atoms with E-state index in [1.165, 1.54) is 11.3 Å². The van der Waals surface area contributed by atoms with Gasteiger partial charge in [-0.1, -0.05) is 40.2 Å². The molecule has 0 atom stereocenters. The fraction of sp³-hybridized carbons (Fsp3) is 0.111. The predicted molar refractivity (Wildman–Crippen MR) is 102 cm³/mol. The number of carbonyl (C=O) groups is 1. The second kappa shape index (κ2) is 7.70. The first-order valence-corrected chi connectivity index (χ1v) is 9.15. The highest BCUT2D eigenvalue weighted by Crippen LogP contribution is 2.25. The van der Waals surface area contributed by atoms with E-state index >= 15 is 0 Å². The van der Waals surface area contributed by atoms with E-state index in [9.17, 15) is 4.79 Å². The van der Waals surface area contributed by atoms with Gasteiger partial charge in [0.2, 0.25) is 0 Å². The lowest BCUT2D eigenvalue weighted by Gasteiger charge is -2.05. The number of benzene rings is 2. The van der Waals surface area contributed by atoms with Crippen LogP contribution in [-0.2, 0) is 6.42 Å². The van der Waals surface area contributed by atoms with Crippen LogP contribution in [0.4, 0.5) is 5.69 Å². The topological polar surface area (TPSA) is 68.0 Å². The van der Waals surface area contributed by atoms with E-state index in [0.717, 1.165) is 32.7 Å². The van der Waals surface area contributed by atoms with E-state index in [0.29, 0.717) is 12.2 Å². The maximum atomic E-state index is 12.4. The number of anilines is 1. The SMILES string of the molecule is NCCc1cccc(NC(=O)c2csc(-c3ccc(Br)cc3)n2)c1. The summed E-state index contributed by atoms with van der Waals surface area (Å²) in [6.07, 6.45) is 0.786. The lowest BCUT2D eigenvalue weighted by atomic mass is 10.1. The molecule has 122 valence electrons. The predicted octanol–water partition coefficient (Wildman–Crippen LogP) is 4.33. The van der Waals surface area contributed by atoms with Crippen LogP contribution in [0, 0.1) is 0 Å². The maximum Gasteiger partial charge on any atom is 0.275 e. The molecule has 0 radical (unpaired) electrons. The molecule has 0 aliphatic heterocycles. The third-order valence-corrected chi connectivity index (χ3v) is 4.87. The smallest absolute Gasteiger partial charge is 0.275 e. The quantitative estimate of drug-likeness (QED) is 0.668. The first kappa shape index (κ1) is 16.8. The summed E-state index contributed by atoms with van der Waals surface area (Å²) in [7, 11) is 0. The number of halogens is 1. The minimum Gasteiger partial charge on any atom is -0.330 e. The molecule has 0 unspecified atom stereocenters. The van der Waals surface area contributed by atoms with Gasteiger partial charge in [-0.25, -0.2) is 4.98 Å². The fourth-order valence-electron chi connectivity index (χ4n) is 2.27. The van der Waals surface area contributed by atoms with Crippen LogP contribution in [0.2, 0.25) is 0 Å². The Morgan fingerprint density at radius 3 is 2.75 bits per heavy atom. The molecule has 1 heterocycles. The third kappa shape index (κ3) is 4.08. The van der Waals surface area contributed by atoms with Gasteiger partial charge >= 0.3 is 0 Å². The molecule has 6 heteroatoms. The standard InChI is InChI=1S/C18H16BrN3OS/c19-14-6-4-13(5-7-14)18-22-16(11-24-18)17(23)21-15-3-1-2-12(10-15)8-9-20/h1-7,10-11H,8-9,20H2,(H,21,23). The highest BCUT2D eigenvalue weighted by atomic mass is 79.9. The molecule has 4 nitrogen and oxygen atoms in total. The second-order valence-corrected chi connectivity index (χ2v) is 7.01.